The van der Waals surface area contributed by atoms with Gasteiger partial charge in [0.15, 0.2) is 0 Å². The summed E-state index contributed by atoms with van der Waals surface area (Å²) in [6.07, 6.45) is 13.1. The van der Waals surface area contributed by atoms with Gasteiger partial charge >= 0.3 is 0 Å². The smallest absolute Gasteiger partial charge is 0.261 e. The Balaban J connectivity index is 1.24. The predicted molar refractivity (Wildman–Crippen MR) is 212 cm³/mol. The lowest BCUT2D eigenvalue weighted by molar-refractivity contribution is 0.0658. The average molecular weight is 686 g/mol. The summed E-state index contributed by atoms with van der Waals surface area (Å²) in [6.45, 7) is 10.4. The normalized spacial score (nSPS) is 12.6. The molecule has 0 aliphatic carbocycles. The van der Waals surface area contributed by atoms with Crippen molar-refractivity contribution in [3.63, 3.8) is 0 Å². The van der Waals surface area contributed by atoms with Crippen LogP contribution < -0.4 is 19.3 Å². The molecule has 0 N–H and O–H groups in total. The van der Waals surface area contributed by atoms with Crippen LogP contribution in [0.2, 0.25) is 0 Å². The molecule has 5 rings (SSSR count). The number of anilines is 2. The zero-order valence-electron chi connectivity index (χ0n) is 30.7. The highest BCUT2D eigenvalue weighted by Gasteiger charge is 2.34. The number of nitrogens with zero attached hydrogens (tertiary/aromatic N) is 3. The fourth-order valence-corrected chi connectivity index (χ4v) is 6.37. The molecule has 1 heterocycles. The minimum atomic E-state index is -0.222. The molecule has 0 radical (unpaired) electrons. The van der Waals surface area contributed by atoms with Gasteiger partial charge in [-0.25, -0.2) is 0 Å². The SMILES string of the molecule is CCCCN(CCCC)c1ccc(/C=C/c2cc(OC)c(/C=C/c3ccc(N(CC)CCN4C(=O)c5ccccc5C4=O)cc3)cc2OC)cc1. The molecule has 0 spiro atoms. The number of methoxy groups -OCH3 is 2. The van der Waals surface area contributed by atoms with Gasteiger partial charge in [-0.1, -0.05) is 87.4 Å². The lowest BCUT2D eigenvalue weighted by Gasteiger charge is -2.25. The number of carbonyl (C=O) groups excluding carboxylic acids is 2. The van der Waals surface area contributed by atoms with Crippen LogP contribution >= 0.6 is 0 Å². The first-order valence-corrected chi connectivity index (χ1v) is 18.2. The summed E-state index contributed by atoms with van der Waals surface area (Å²) in [4.78, 5) is 31.6. The molecule has 1 aliphatic heterocycles. The van der Waals surface area contributed by atoms with Crippen LogP contribution in [0.5, 0.6) is 11.5 Å². The Hall–Kier alpha value is -5.30. The Morgan fingerprint density at radius 1 is 0.588 bits per heavy atom. The van der Waals surface area contributed by atoms with E-state index in [-0.39, 0.29) is 11.8 Å². The number of likely N-dealkylation sites (N-methyl/N-ethyl adjacent to an activating group) is 1. The molecule has 7 heteroatoms. The van der Waals surface area contributed by atoms with Gasteiger partial charge in [-0.15, -0.1) is 0 Å². The summed E-state index contributed by atoms with van der Waals surface area (Å²) in [5.74, 6) is 1.08. The highest BCUT2D eigenvalue weighted by atomic mass is 16.5. The van der Waals surface area contributed by atoms with Crippen molar-refractivity contribution in [2.24, 2.45) is 0 Å². The molecule has 1 aliphatic rings. The Bertz CT molecular complexity index is 1790. The van der Waals surface area contributed by atoms with E-state index in [0.717, 1.165) is 59.1 Å². The van der Waals surface area contributed by atoms with Crippen LogP contribution in [0.1, 0.15) is 89.4 Å². The Morgan fingerprint density at radius 3 is 1.45 bits per heavy atom. The molecular weight excluding hydrogens is 635 g/mol. The molecular formula is C44H51N3O4. The minimum Gasteiger partial charge on any atom is -0.496 e. The molecule has 0 atom stereocenters. The molecule has 0 saturated heterocycles. The summed E-state index contributed by atoms with van der Waals surface area (Å²) in [6, 6.07) is 28.1. The van der Waals surface area contributed by atoms with E-state index < -0.39 is 0 Å². The van der Waals surface area contributed by atoms with Crippen molar-refractivity contribution in [3.8, 4) is 11.5 Å². The predicted octanol–water partition coefficient (Wildman–Crippen LogP) is 9.57. The quantitative estimate of drug-likeness (QED) is 0.0768. The number of imide groups is 1. The van der Waals surface area contributed by atoms with E-state index >= 15 is 0 Å². The molecule has 0 unspecified atom stereocenters. The van der Waals surface area contributed by atoms with Crippen LogP contribution in [-0.2, 0) is 0 Å². The van der Waals surface area contributed by atoms with Crippen LogP contribution in [-0.4, -0.2) is 63.7 Å². The maximum absolute atomic E-state index is 12.8. The van der Waals surface area contributed by atoms with Gasteiger partial charge in [0.25, 0.3) is 11.8 Å². The van der Waals surface area contributed by atoms with Gasteiger partial charge in [0.05, 0.1) is 25.3 Å². The van der Waals surface area contributed by atoms with Crippen molar-refractivity contribution >= 4 is 47.5 Å². The third kappa shape index (κ3) is 9.09. The third-order valence-electron chi connectivity index (χ3n) is 9.43. The molecule has 4 aromatic rings. The van der Waals surface area contributed by atoms with Crippen molar-refractivity contribution in [3.05, 3.63) is 118 Å². The molecule has 0 aromatic heterocycles. The third-order valence-corrected chi connectivity index (χ3v) is 9.43. The van der Waals surface area contributed by atoms with Gasteiger partial charge in [0.1, 0.15) is 11.5 Å². The van der Waals surface area contributed by atoms with E-state index in [2.05, 4.69) is 97.3 Å². The van der Waals surface area contributed by atoms with E-state index in [1.807, 2.05) is 18.2 Å². The number of unbranched alkanes of at least 4 members (excludes halogenated alkanes) is 2. The number of amides is 2. The topological polar surface area (TPSA) is 62.3 Å². The zero-order valence-corrected chi connectivity index (χ0v) is 30.7. The van der Waals surface area contributed by atoms with Crippen LogP contribution in [0.25, 0.3) is 24.3 Å². The monoisotopic (exact) mass is 685 g/mol. The number of carbonyl (C=O) groups is 2. The number of rotatable bonds is 18. The maximum atomic E-state index is 12.8. The van der Waals surface area contributed by atoms with Crippen LogP contribution in [0.3, 0.4) is 0 Å². The first kappa shape index (κ1) is 37.0. The van der Waals surface area contributed by atoms with E-state index in [1.54, 1.807) is 38.5 Å². The second kappa shape index (κ2) is 18.1. The van der Waals surface area contributed by atoms with E-state index in [0.29, 0.717) is 24.2 Å². The van der Waals surface area contributed by atoms with E-state index in [9.17, 15) is 9.59 Å². The van der Waals surface area contributed by atoms with Gasteiger partial charge in [-0.05, 0) is 79.4 Å². The van der Waals surface area contributed by atoms with Crippen molar-refractivity contribution in [2.75, 3.05) is 56.7 Å². The number of benzene rings is 4. The first-order valence-electron chi connectivity index (χ1n) is 18.2. The van der Waals surface area contributed by atoms with Crippen molar-refractivity contribution in [1.29, 1.82) is 0 Å². The molecule has 0 bridgehead atoms. The Morgan fingerprint density at radius 2 is 1.04 bits per heavy atom. The van der Waals surface area contributed by atoms with Gasteiger partial charge < -0.3 is 19.3 Å². The lowest BCUT2D eigenvalue weighted by Crippen LogP contribution is -2.38. The van der Waals surface area contributed by atoms with Gasteiger partial charge in [0, 0.05) is 55.2 Å². The first-order chi connectivity index (χ1) is 24.9. The minimum absolute atomic E-state index is 0.222. The molecule has 51 heavy (non-hydrogen) atoms. The van der Waals surface area contributed by atoms with Crippen molar-refractivity contribution in [2.45, 2.75) is 46.5 Å². The fourth-order valence-electron chi connectivity index (χ4n) is 6.37. The molecule has 2 amide bonds. The number of hydrogen-bond donors (Lipinski definition) is 0. The molecule has 0 saturated carbocycles. The van der Waals surface area contributed by atoms with E-state index in [4.69, 9.17) is 9.47 Å². The summed E-state index contributed by atoms with van der Waals surface area (Å²) < 4.78 is 11.6. The van der Waals surface area contributed by atoms with Crippen LogP contribution in [0.15, 0.2) is 84.9 Å². The number of hydrogen-bond acceptors (Lipinski definition) is 6. The maximum Gasteiger partial charge on any atom is 0.261 e. The second-order valence-corrected chi connectivity index (χ2v) is 12.8. The highest BCUT2D eigenvalue weighted by molar-refractivity contribution is 6.21. The Labute approximate surface area is 303 Å². The van der Waals surface area contributed by atoms with Crippen LogP contribution in [0.4, 0.5) is 11.4 Å². The van der Waals surface area contributed by atoms with Crippen LogP contribution in [0, 0.1) is 0 Å². The summed E-state index contributed by atoms with van der Waals surface area (Å²) in [5, 5.41) is 0. The lowest BCUT2D eigenvalue weighted by atomic mass is 10.0. The summed E-state index contributed by atoms with van der Waals surface area (Å²) in [7, 11) is 3.37. The Kier molecular flexibility index (Phi) is 13.1. The molecule has 266 valence electrons. The fraction of sp³-hybridized carbons (Fsp3) is 0.318. The van der Waals surface area contributed by atoms with Crippen molar-refractivity contribution < 1.29 is 19.1 Å². The van der Waals surface area contributed by atoms with Crippen molar-refractivity contribution in [1.82, 2.24) is 4.90 Å². The second-order valence-electron chi connectivity index (χ2n) is 12.8. The number of fused-ring (bicyclic) bond motifs is 1. The summed E-state index contributed by atoms with van der Waals surface area (Å²) >= 11 is 0. The number of ether oxygens (including phenoxy) is 2. The molecule has 0 fully saturated rings. The zero-order chi connectivity index (χ0) is 36.2. The standard InChI is InChI=1S/C44H51N3O4/c1-6-9-27-46(28-10-7-2)38-25-19-34(20-26-38)16-22-36-32-41(50-4)35(31-42(36)51-5)21-15-33-17-23-37(24-18-33)45(8-3)29-30-47-43(48)39-13-11-12-14-40(39)44(47)49/h11-26,31-32H,6-10,27-30H2,1-5H3/b21-15+,22-16+. The molecule has 7 nitrogen and oxygen atoms in total. The largest absolute Gasteiger partial charge is 0.496 e. The van der Waals surface area contributed by atoms with E-state index in [1.165, 1.54) is 36.3 Å². The summed E-state index contributed by atoms with van der Waals surface area (Å²) in [5.41, 5.74) is 7.28. The van der Waals surface area contributed by atoms with Gasteiger partial charge in [-0.3, -0.25) is 14.5 Å². The molecule has 4 aromatic carbocycles. The van der Waals surface area contributed by atoms with Gasteiger partial charge in [0.2, 0.25) is 0 Å². The van der Waals surface area contributed by atoms with Gasteiger partial charge in [-0.2, -0.15) is 0 Å². The average Bonchev–Trinajstić information content (AvgIpc) is 3.42. The highest BCUT2D eigenvalue weighted by Crippen LogP contribution is 2.32.